The Morgan fingerprint density at radius 1 is 1.08 bits per heavy atom. The summed E-state index contributed by atoms with van der Waals surface area (Å²) < 4.78 is 10.3. The van der Waals surface area contributed by atoms with Gasteiger partial charge in [0.2, 0.25) is 0 Å². The number of esters is 1. The van der Waals surface area contributed by atoms with Crippen molar-refractivity contribution in [3.8, 4) is 5.75 Å². The van der Waals surface area contributed by atoms with E-state index in [4.69, 9.17) is 21.1 Å². The molecule has 0 bridgehead atoms. The van der Waals surface area contributed by atoms with E-state index >= 15 is 0 Å². The van der Waals surface area contributed by atoms with Crippen molar-refractivity contribution < 1.29 is 19.1 Å². The maximum Gasteiger partial charge on any atom is 0.344 e. The van der Waals surface area contributed by atoms with Gasteiger partial charge in [0, 0.05) is 10.7 Å². The Morgan fingerprint density at radius 3 is 2.38 bits per heavy atom. The molecule has 26 heavy (non-hydrogen) atoms. The molecular formula is C20H22ClNO4. The first kappa shape index (κ1) is 19.8. The quantitative estimate of drug-likeness (QED) is 0.731. The molecular weight excluding hydrogens is 354 g/mol. The highest BCUT2D eigenvalue weighted by Crippen LogP contribution is 2.20. The first-order chi connectivity index (χ1) is 12.3. The molecule has 0 atom stereocenters. The van der Waals surface area contributed by atoms with Crippen molar-refractivity contribution >= 4 is 29.2 Å². The number of rotatable bonds is 7. The van der Waals surface area contributed by atoms with E-state index in [1.165, 1.54) is 5.56 Å². The fraction of sp³-hybridized carbons (Fsp3) is 0.300. The summed E-state index contributed by atoms with van der Waals surface area (Å²) in [6, 6.07) is 12.6. The van der Waals surface area contributed by atoms with E-state index < -0.39 is 11.9 Å². The van der Waals surface area contributed by atoms with E-state index in [0.29, 0.717) is 22.4 Å². The Hall–Kier alpha value is -2.53. The molecule has 5 nitrogen and oxygen atoms in total. The summed E-state index contributed by atoms with van der Waals surface area (Å²) in [5.74, 6) is -0.0321. The van der Waals surface area contributed by atoms with Crippen LogP contribution in [-0.2, 0) is 14.3 Å². The maximum atomic E-state index is 11.9. The topological polar surface area (TPSA) is 64.6 Å². The number of ether oxygens (including phenoxy) is 2. The standard InChI is InChI=1S/C20H22ClNO4/c1-13(2)15-4-7-17(8-5-15)25-12-20(24)26-11-19(23)22-18-9-6-16(21)10-14(18)3/h4-10,13H,11-12H2,1-3H3,(H,22,23). The number of carbonyl (C=O) groups excluding carboxylic acids is 2. The molecule has 1 N–H and O–H groups in total. The molecule has 0 unspecified atom stereocenters. The minimum Gasteiger partial charge on any atom is -0.482 e. The van der Waals surface area contributed by atoms with E-state index in [0.717, 1.165) is 5.56 Å². The molecule has 6 heteroatoms. The third-order valence-corrected chi connectivity index (χ3v) is 3.97. The third kappa shape index (κ3) is 6.08. The van der Waals surface area contributed by atoms with Crippen LogP contribution in [0.4, 0.5) is 5.69 Å². The number of hydrogen-bond acceptors (Lipinski definition) is 4. The van der Waals surface area contributed by atoms with E-state index in [9.17, 15) is 9.59 Å². The number of aryl methyl sites for hydroxylation is 1. The van der Waals surface area contributed by atoms with Crippen molar-refractivity contribution in [2.45, 2.75) is 26.7 Å². The second kappa shape index (κ2) is 9.25. The Labute approximate surface area is 158 Å². The van der Waals surface area contributed by atoms with Crippen molar-refractivity contribution in [3.63, 3.8) is 0 Å². The van der Waals surface area contributed by atoms with Crippen LogP contribution in [0.25, 0.3) is 0 Å². The minimum atomic E-state index is -0.610. The van der Waals surface area contributed by atoms with Gasteiger partial charge in [-0.25, -0.2) is 4.79 Å². The molecule has 0 fully saturated rings. The second-order valence-corrected chi connectivity index (χ2v) is 6.62. The molecule has 0 aliphatic rings. The van der Waals surface area contributed by atoms with Crippen LogP contribution in [-0.4, -0.2) is 25.1 Å². The van der Waals surface area contributed by atoms with Crippen molar-refractivity contribution in [1.82, 2.24) is 0 Å². The highest BCUT2D eigenvalue weighted by Gasteiger charge is 2.10. The SMILES string of the molecule is Cc1cc(Cl)ccc1NC(=O)COC(=O)COc1ccc(C(C)C)cc1. The molecule has 0 aromatic heterocycles. The molecule has 0 saturated heterocycles. The minimum absolute atomic E-state index is 0.256. The summed E-state index contributed by atoms with van der Waals surface area (Å²) in [5.41, 5.74) is 2.64. The summed E-state index contributed by atoms with van der Waals surface area (Å²) in [6.07, 6.45) is 0. The molecule has 1 amide bonds. The predicted molar refractivity (Wildman–Crippen MR) is 102 cm³/mol. The second-order valence-electron chi connectivity index (χ2n) is 6.18. The molecule has 0 radical (unpaired) electrons. The number of carbonyl (C=O) groups is 2. The first-order valence-corrected chi connectivity index (χ1v) is 8.67. The van der Waals surface area contributed by atoms with Crippen molar-refractivity contribution in [1.29, 1.82) is 0 Å². The summed E-state index contributed by atoms with van der Waals surface area (Å²) in [5, 5.41) is 3.26. The Kier molecular flexibility index (Phi) is 7.04. The zero-order valence-electron chi connectivity index (χ0n) is 15.0. The Bertz CT molecular complexity index is 772. The number of anilines is 1. The third-order valence-electron chi connectivity index (χ3n) is 3.73. The van der Waals surface area contributed by atoms with Crippen LogP contribution >= 0.6 is 11.6 Å². The zero-order chi connectivity index (χ0) is 19.1. The highest BCUT2D eigenvalue weighted by atomic mass is 35.5. The summed E-state index contributed by atoms with van der Waals surface area (Å²) in [4.78, 5) is 23.6. The molecule has 0 spiro atoms. The molecule has 2 rings (SSSR count). The lowest BCUT2D eigenvalue weighted by atomic mass is 10.0. The van der Waals surface area contributed by atoms with Gasteiger partial charge in [-0.3, -0.25) is 4.79 Å². The van der Waals surface area contributed by atoms with Crippen LogP contribution in [0, 0.1) is 6.92 Å². The van der Waals surface area contributed by atoms with E-state index in [1.54, 1.807) is 30.3 Å². The number of amides is 1. The Morgan fingerprint density at radius 2 is 1.77 bits per heavy atom. The smallest absolute Gasteiger partial charge is 0.344 e. The number of benzene rings is 2. The monoisotopic (exact) mass is 375 g/mol. The Balaban J connectivity index is 1.74. The van der Waals surface area contributed by atoms with Crippen LogP contribution in [0.15, 0.2) is 42.5 Å². The lowest BCUT2D eigenvalue weighted by Gasteiger charge is -2.10. The van der Waals surface area contributed by atoms with Gasteiger partial charge in [0.1, 0.15) is 5.75 Å². The first-order valence-electron chi connectivity index (χ1n) is 8.29. The number of halogens is 1. The van der Waals surface area contributed by atoms with Gasteiger partial charge in [-0.15, -0.1) is 0 Å². The normalized spacial score (nSPS) is 10.5. The fourth-order valence-electron chi connectivity index (χ4n) is 2.23. The van der Waals surface area contributed by atoms with E-state index in [1.807, 2.05) is 19.1 Å². The molecule has 0 aliphatic carbocycles. The van der Waals surface area contributed by atoms with E-state index in [2.05, 4.69) is 19.2 Å². The van der Waals surface area contributed by atoms with Gasteiger partial charge in [0.25, 0.3) is 5.91 Å². The van der Waals surface area contributed by atoms with Crippen molar-refractivity contribution in [2.75, 3.05) is 18.5 Å². The van der Waals surface area contributed by atoms with E-state index in [-0.39, 0.29) is 13.2 Å². The average molecular weight is 376 g/mol. The molecule has 2 aromatic carbocycles. The zero-order valence-corrected chi connectivity index (χ0v) is 15.8. The van der Waals surface area contributed by atoms with Crippen LogP contribution in [0.3, 0.4) is 0 Å². The molecule has 0 aliphatic heterocycles. The van der Waals surface area contributed by atoms with Gasteiger partial charge >= 0.3 is 5.97 Å². The van der Waals surface area contributed by atoms with Gasteiger partial charge < -0.3 is 14.8 Å². The average Bonchev–Trinajstić information content (AvgIpc) is 2.61. The van der Waals surface area contributed by atoms with Gasteiger partial charge in [-0.1, -0.05) is 37.6 Å². The predicted octanol–water partition coefficient (Wildman–Crippen LogP) is 4.33. The summed E-state index contributed by atoms with van der Waals surface area (Å²) in [7, 11) is 0. The molecule has 0 heterocycles. The lowest BCUT2D eigenvalue weighted by molar-refractivity contribution is -0.149. The molecule has 0 saturated carbocycles. The largest absolute Gasteiger partial charge is 0.482 e. The van der Waals surface area contributed by atoms with Gasteiger partial charge in [-0.05, 0) is 54.3 Å². The van der Waals surface area contributed by atoms with Crippen LogP contribution in [0.2, 0.25) is 5.02 Å². The van der Waals surface area contributed by atoms with Gasteiger partial charge in [-0.2, -0.15) is 0 Å². The van der Waals surface area contributed by atoms with Crippen LogP contribution < -0.4 is 10.1 Å². The van der Waals surface area contributed by atoms with Crippen molar-refractivity contribution in [3.05, 3.63) is 58.6 Å². The van der Waals surface area contributed by atoms with Crippen LogP contribution in [0.5, 0.6) is 5.75 Å². The highest BCUT2D eigenvalue weighted by molar-refractivity contribution is 6.30. The number of nitrogens with one attached hydrogen (secondary N) is 1. The van der Waals surface area contributed by atoms with Gasteiger partial charge in [0.05, 0.1) is 0 Å². The van der Waals surface area contributed by atoms with Gasteiger partial charge in [0.15, 0.2) is 13.2 Å². The summed E-state index contributed by atoms with van der Waals surface area (Å²) >= 11 is 5.87. The molecule has 138 valence electrons. The number of hydrogen-bond donors (Lipinski definition) is 1. The fourth-order valence-corrected chi connectivity index (χ4v) is 2.46. The molecule has 2 aromatic rings. The van der Waals surface area contributed by atoms with Crippen molar-refractivity contribution in [2.24, 2.45) is 0 Å². The summed E-state index contributed by atoms with van der Waals surface area (Å²) in [6.45, 7) is 5.39. The van der Waals surface area contributed by atoms with Crippen LogP contribution in [0.1, 0.15) is 30.9 Å². The lowest BCUT2D eigenvalue weighted by Crippen LogP contribution is -2.24. The maximum absolute atomic E-state index is 11.9.